The third kappa shape index (κ3) is 4.61. The smallest absolute Gasteiger partial charge is 0.0476 e. The predicted octanol–water partition coefficient (Wildman–Crippen LogP) is 2.85. The van der Waals surface area contributed by atoms with E-state index in [1.807, 2.05) is 0 Å². The van der Waals surface area contributed by atoms with E-state index in [-0.39, 0.29) is 0 Å². The molecule has 0 aromatic rings. The maximum Gasteiger partial charge on any atom is 0.0476 e. The summed E-state index contributed by atoms with van der Waals surface area (Å²) < 4.78 is 5.33. The lowest BCUT2D eigenvalue weighted by Crippen LogP contribution is -2.22. The van der Waals surface area contributed by atoms with Crippen molar-refractivity contribution in [1.29, 1.82) is 0 Å². The normalized spacial score (nSPS) is 20.5. The number of hydrogen-bond donors (Lipinski definition) is 1. The summed E-state index contributed by atoms with van der Waals surface area (Å²) in [7, 11) is 0. The lowest BCUT2D eigenvalue weighted by molar-refractivity contribution is 0.0999. The van der Waals surface area contributed by atoms with E-state index >= 15 is 0 Å². The van der Waals surface area contributed by atoms with Gasteiger partial charge in [0.25, 0.3) is 0 Å². The predicted molar refractivity (Wildman–Crippen MR) is 63.9 cm³/mol. The molecule has 0 radical (unpaired) electrons. The summed E-state index contributed by atoms with van der Waals surface area (Å²) in [4.78, 5) is 0. The molecular formula is C10H20OS2. The molecule has 1 aliphatic heterocycles. The van der Waals surface area contributed by atoms with Crippen LogP contribution in [0.3, 0.4) is 0 Å². The first-order valence-corrected chi connectivity index (χ1v) is 6.62. The van der Waals surface area contributed by atoms with Gasteiger partial charge in [-0.25, -0.2) is 0 Å². The molecule has 1 rings (SSSR count). The molecule has 78 valence electrons. The third-order valence-electron chi connectivity index (χ3n) is 2.31. The number of thioether (sulfide) groups is 1. The Kier molecular flexibility index (Phi) is 4.98. The molecule has 1 saturated heterocycles. The van der Waals surface area contributed by atoms with Gasteiger partial charge in [0, 0.05) is 18.5 Å². The largest absolute Gasteiger partial charge is 0.381 e. The molecule has 0 bridgehead atoms. The molecule has 0 amide bonds. The van der Waals surface area contributed by atoms with Crippen molar-refractivity contribution in [3.8, 4) is 0 Å². The molecule has 0 unspecified atom stereocenters. The second-order valence-electron chi connectivity index (χ2n) is 4.45. The van der Waals surface area contributed by atoms with Gasteiger partial charge in [0.05, 0.1) is 0 Å². The highest BCUT2D eigenvalue weighted by molar-refractivity contribution is 7.99. The zero-order valence-electron chi connectivity index (χ0n) is 8.58. The Balaban J connectivity index is 2.17. The molecule has 1 nitrogen and oxygen atoms in total. The number of hydrogen-bond acceptors (Lipinski definition) is 3. The Morgan fingerprint density at radius 2 is 2.00 bits per heavy atom. The first-order chi connectivity index (χ1) is 6.14. The lowest BCUT2D eigenvalue weighted by atomic mass is 10.0. The number of rotatable bonds is 4. The minimum absolute atomic E-state index is 0.381. The van der Waals surface area contributed by atoms with Crippen LogP contribution in [0.15, 0.2) is 0 Å². The quantitative estimate of drug-likeness (QED) is 0.730. The zero-order valence-corrected chi connectivity index (χ0v) is 10.3. The summed E-state index contributed by atoms with van der Waals surface area (Å²) >= 11 is 6.46. The van der Waals surface area contributed by atoms with Crippen LogP contribution in [0.25, 0.3) is 0 Å². The Morgan fingerprint density at radius 3 is 2.54 bits per heavy atom. The highest BCUT2D eigenvalue weighted by atomic mass is 32.2. The van der Waals surface area contributed by atoms with E-state index in [9.17, 15) is 0 Å². The van der Waals surface area contributed by atoms with E-state index < -0.39 is 0 Å². The summed E-state index contributed by atoms with van der Waals surface area (Å²) in [6.07, 6.45) is 2.46. The van der Waals surface area contributed by atoms with Gasteiger partial charge < -0.3 is 4.74 Å². The summed E-state index contributed by atoms with van der Waals surface area (Å²) in [6.45, 7) is 6.48. The van der Waals surface area contributed by atoms with E-state index in [2.05, 4.69) is 38.2 Å². The van der Waals surface area contributed by atoms with Gasteiger partial charge in [0.1, 0.15) is 0 Å². The van der Waals surface area contributed by atoms with Crippen molar-refractivity contribution in [1.82, 2.24) is 0 Å². The fraction of sp³-hybridized carbons (Fsp3) is 1.00. The molecule has 0 aromatic carbocycles. The van der Waals surface area contributed by atoms with Crippen LogP contribution in [0.4, 0.5) is 0 Å². The molecule has 0 N–H and O–H groups in total. The molecule has 0 spiro atoms. The minimum Gasteiger partial charge on any atom is -0.381 e. The van der Waals surface area contributed by atoms with Crippen LogP contribution < -0.4 is 0 Å². The Labute approximate surface area is 91.4 Å². The SMILES string of the molecule is CC(C)(CS)CSC1CCOCC1. The fourth-order valence-corrected chi connectivity index (χ4v) is 2.81. The van der Waals surface area contributed by atoms with Crippen LogP contribution in [0.1, 0.15) is 26.7 Å². The molecule has 1 fully saturated rings. The van der Waals surface area contributed by atoms with E-state index in [0.29, 0.717) is 5.41 Å². The van der Waals surface area contributed by atoms with Crippen LogP contribution >= 0.6 is 24.4 Å². The first kappa shape index (κ1) is 11.7. The fourth-order valence-electron chi connectivity index (χ4n) is 1.23. The van der Waals surface area contributed by atoms with Crippen molar-refractivity contribution >= 4 is 24.4 Å². The van der Waals surface area contributed by atoms with Gasteiger partial charge in [-0.15, -0.1) is 0 Å². The van der Waals surface area contributed by atoms with Gasteiger partial charge >= 0.3 is 0 Å². The van der Waals surface area contributed by atoms with E-state index in [0.717, 1.165) is 24.2 Å². The van der Waals surface area contributed by atoms with Crippen LogP contribution in [0.5, 0.6) is 0 Å². The van der Waals surface area contributed by atoms with Crippen molar-refractivity contribution in [3.63, 3.8) is 0 Å². The molecule has 0 atom stereocenters. The molecule has 1 heterocycles. The highest BCUT2D eigenvalue weighted by Gasteiger charge is 2.20. The van der Waals surface area contributed by atoms with Crippen LogP contribution in [-0.2, 0) is 4.74 Å². The zero-order chi connectivity index (χ0) is 9.73. The van der Waals surface area contributed by atoms with Gasteiger partial charge in [-0.3, -0.25) is 0 Å². The van der Waals surface area contributed by atoms with Crippen molar-refractivity contribution < 1.29 is 4.74 Å². The van der Waals surface area contributed by atoms with Crippen molar-refractivity contribution in [2.75, 3.05) is 24.7 Å². The molecule has 0 aromatic heterocycles. The molecule has 3 heteroatoms. The maximum atomic E-state index is 5.33. The molecule has 13 heavy (non-hydrogen) atoms. The Bertz CT molecular complexity index is 142. The monoisotopic (exact) mass is 220 g/mol. The van der Waals surface area contributed by atoms with Gasteiger partial charge in [0.2, 0.25) is 0 Å². The van der Waals surface area contributed by atoms with Crippen LogP contribution in [0, 0.1) is 5.41 Å². The highest BCUT2D eigenvalue weighted by Crippen LogP contribution is 2.29. The van der Waals surface area contributed by atoms with Crippen molar-refractivity contribution in [3.05, 3.63) is 0 Å². The van der Waals surface area contributed by atoms with Crippen LogP contribution in [0.2, 0.25) is 0 Å². The second kappa shape index (κ2) is 5.52. The Hall–Kier alpha value is 0.660. The van der Waals surface area contributed by atoms with Crippen LogP contribution in [-0.4, -0.2) is 30.0 Å². The first-order valence-electron chi connectivity index (χ1n) is 4.94. The number of ether oxygens (including phenoxy) is 1. The van der Waals surface area contributed by atoms with Crippen molar-refractivity contribution in [2.24, 2.45) is 5.41 Å². The summed E-state index contributed by atoms with van der Waals surface area (Å²) in [5.74, 6) is 2.20. The summed E-state index contributed by atoms with van der Waals surface area (Å²) in [6, 6.07) is 0. The lowest BCUT2D eigenvalue weighted by Gasteiger charge is -2.27. The number of thiol groups is 1. The topological polar surface area (TPSA) is 9.23 Å². The van der Waals surface area contributed by atoms with Gasteiger partial charge in [-0.05, 0) is 29.8 Å². The third-order valence-corrected chi connectivity index (χ3v) is 5.05. The average molecular weight is 220 g/mol. The van der Waals surface area contributed by atoms with Crippen molar-refractivity contribution in [2.45, 2.75) is 31.9 Å². The molecule has 1 aliphatic rings. The standard InChI is InChI=1S/C10H20OS2/c1-10(2,7-12)8-13-9-3-5-11-6-4-9/h9,12H,3-8H2,1-2H3. The van der Waals surface area contributed by atoms with E-state index in [4.69, 9.17) is 4.74 Å². The second-order valence-corrected chi connectivity index (χ2v) is 6.05. The molecule has 0 saturated carbocycles. The van der Waals surface area contributed by atoms with Gasteiger partial charge in [-0.1, -0.05) is 13.8 Å². The molecule has 0 aliphatic carbocycles. The van der Waals surface area contributed by atoms with E-state index in [1.54, 1.807) is 0 Å². The summed E-state index contributed by atoms with van der Waals surface area (Å²) in [5.41, 5.74) is 0.381. The minimum atomic E-state index is 0.381. The maximum absolute atomic E-state index is 5.33. The Morgan fingerprint density at radius 1 is 1.38 bits per heavy atom. The van der Waals surface area contributed by atoms with Gasteiger partial charge in [0.15, 0.2) is 0 Å². The summed E-state index contributed by atoms with van der Waals surface area (Å²) in [5, 5.41) is 0.827. The van der Waals surface area contributed by atoms with E-state index in [1.165, 1.54) is 18.6 Å². The average Bonchev–Trinajstić information content (AvgIpc) is 2.17. The van der Waals surface area contributed by atoms with Gasteiger partial charge in [-0.2, -0.15) is 24.4 Å². The molecular weight excluding hydrogens is 200 g/mol.